The molecule has 2 rings (SSSR count). The van der Waals surface area contributed by atoms with E-state index in [0.717, 1.165) is 6.42 Å². The third-order valence-electron chi connectivity index (χ3n) is 2.54. The molecule has 2 aromatic rings. The highest BCUT2D eigenvalue weighted by Crippen LogP contribution is 2.19. The minimum atomic E-state index is -0.266. The highest BCUT2D eigenvalue weighted by atomic mass is 35.5. The summed E-state index contributed by atoms with van der Waals surface area (Å²) in [7, 11) is 0. The van der Waals surface area contributed by atoms with Gasteiger partial charge in [-0.25, -0.2) is 0 Å². The molecule has 0 fully saturated rings. The summed E-state index contributed by atoms with van der Waals surface area (Å²) in [6.45, 7) is 3.87. The molecule has 1 heterocycles. The summed E-state index contributed by atoms with van der Waals surface area (Å²) < 4.78 is 5.39. The number of hydrogen-bond donors (Lipinski definition) is 1. The van der Waals surface area contributed by atoms with Crippen LogP contribution in [0.1, 0.15) is 30.7 Å². The van der Waals surface area contributed by atoms with Crippen LogP contribution in [0.3, 0.4) is 0 Å². The molecule has 4 nitrogen and oxygen atoms in total. The van der Waals surface area contributed by atoms with Crippen LogP contribution in [-0.4, -0.2) is 16.2 Å². The number of nitrogens with one attached hydrogen (secondary N) is 1. The lowest BCUT2D eigenvalue weighted by Crippen LogP contribution is -2.18. The standard InChI is InChI=1S/C13H16ClN3O/c1-9(8-11-6-4-3-5-7-11)15-13-17-16-12(18-13)10(2)14/h3-7,9-10H,8H2,1-2H3,(H,15,17). The predicted octanol–water partition coefficient (Wildman–Crippen LogP) is 3.41. The molecule has 18 heavy (non-hydrogen) atoms. The van der Waals surface area contributed by atoms with Crippen LogP contribution < -0.4 is 5.32 Å². The van der Waals surface area contributed by atoms with Crippen molar-refractivity contribution in [3.63, 3.8) is 0 Å². The first-order valence-electron chi connectivity index (χ1n) is 5.93. The Morgan fingerprint density at radius 1 is 1.22 bits per heavy atom. The number of alkyl halides is 1. The van der Waals surface area contributed by atoms with Crippen molar-refractivity contribution in [2.75, 3.05) is 5.32 Å². The van der Waals surface area contributed by atoms with E-state index in [1.54, 1.807) is 6.92 Å². The van der Waals surface area contributed by atoms with Gasteiger partial charge < -0.3 is 9.73 Å². The Kier molecular flexibility index (Phi) is 4.20. The number of halogens is 1. The Balaban J connectivity index is 1.92. The van der Waals surface area contributed by atoms with E-state index in [1.165, 1.54) is 5.56 Å². The minimum Gasteiger partial charge on any atom is -0.406 e. The summed E-state index contributed by atoms with van der Waals surface area (Å²) >= 11 is 5.86. The third kappa shape index (κ3) is 3.47. The van der Waals surface area contributed by atoms with Crippen molar-refractivity contribution in [2.45, 2.75) is 31.7 Å². The largest absolute Gasteiger partial charge is 0.406 e. The van der Waals surface area contributed by atoms with Crippen molar-refractivity contribution in [1.29, 1.82) is 0 Å². The second-order valence-electron chi connectivity index (χ2n) is 4.30. The fraction of sp³-hybridized carbons (Fsp3) is 0.385. The molecule has 0 radical (unpaired) electrons. The maximum absolute atomic E-state index is 5.86. The quantitative estimate of drug-likeness (QED) is 0.842. The molecule has 0 spiro atoms. The highest BCUT2D eigenvalue weighted by molar-refractivity contribution is 6.20. The molecule has 0 aliphatic heterocycles. The van der Waals surface area contributed by atoms with Crippen LogP contribution in [0.5, 0.6) is 0 Å². The molecule has 0 amide bonds. The van der Waals surface area contributed by atoms with Gasteiger partial charge in [0, 0.05) is 6.04 Å². The fourth-order valence-electron chi connectivity index (χ4n) is 1.68. The number of benzene rings is 1. The molecule has 0 bridgehead atoms. The summed E-state index contributed by atoms with van der Waals surface area (Å²) in [5.41, 5.74) is 1.27. The van der Waals surface area contributed by atoms with E-state index >= 15 is 0 Å². The lowest BCUT2D eigenvalue weighted by Gasteiger charge is -2.11. The summed E-state index contributed by atoms with van der Waals surface area (Å²) in [4.78, 5) is 0. The van der Waals surface area contributed by atoms with Crippen LogP contribution in [0, 0.1) is 0 Å². The first-order valence-corrected chi connectivity index (χ1v) is 6.36. The lowest BCUT2D eigenvalue weighted by atomic mass is 10.1. The zero-order valence-electron chi connectivity index (χ0n) is 10.4. The van der Waals surface area contributed by atoms with Crippen LogP contribution in [0.4, 0.5) is 6.01 Å². The number of hydrogen-bond acceptors (Lipinski definition) is 4. The van der Waals surface area contributed by atoms with Crippen molar-refractivity contribution in [3.05, 3.63) is 41.8 Å². The molecule has 0 saturated heterocycles. The van der Waals surface area contributed by atoms with Gasteiger partial charge in [-0.1, -0.05) is 35.4 Å². The zero-order valence-corrected chi connectivity index (χ0v) is 11.2. The van der Waals surface area contributed by atoms with Gasteiger partial charge in [-0.15, -0.1) is 16.7 Å². The van der Waals surface area contributed by atoms with Crippen LogP contribution in [0.25, 0.3) is 0 Å². The summed E-state index contributed by atoms with van der Waals surface area (Å²) in [5, 5.41) is 10.7. The molecule has 2 unspecified atom stereocenters. The third-order valence-corrected chi connectivity index (χ3v) is 2.72. The molecular formula is C13H16ClN3O. The monoisotopic (exact) mass is 265 g/mol. The fourth-order valence-corrected chi connectivity index (χ4v) is 1.77. The number of rotatable bonds is 5. The maximum Gasteiger partial charge on any atom is 0.315 e. The normalized spacial score (nSPS) is 14.2. The highest BCUT2D eigenvalue weighted by Gasteiger charge is 2.12. The van der Waals surface area contributed by atoms with Gasteiger partial charge in [0.2, 0.25) is 5.89 Å². The predicted molar refractivity (Wildman–Crippen MR) is 71.8 cm³/mol. The average molecular weight is 266 g/mol. The molecule has 1 aromatic heterocycles. The van der Waals surface area contributed by atoms with Crippen molar-refractivity contribution in [2.24, 2.45) is 0 Å². The summed E-state index contributed by atoms with van der Waals surface area (Å²) in [6, 6.07) is 10.9. The second kappa shape index (κ2) is 5.87. The Labute approximate surface area is 111 Å². The number of anilines is 1. The SMILES string of the molecule is CC(Cc1ccccc1)Nc1nnc(C(C)Cl)o1. The maximum atomic E-state index is 5.86. The summed E-state index contributed by atoms with van der Waals surface area (Å²) in [6.07, 6.45) is 0.898. The first-order chi connectivity index (χ1) is 8.65. The van der Waals surface area contributed by atoms with Crippen molar-refractivity contribution < 1.29 is 4.42 Å². The second-order valence-corrected chi connectivity index (χ2v) is 4.95. The Hall–Kier alpha value is -1.55. The molecule has 5 heteroatoms. The van der Waals surface area contributed by atoms with Gasteiger partial charge in [0.05, 0.1) is 0 Å². The Morgan fingerprint density at radius 3 is 2.56 bits per heavy atom. The van der Waals surface area contributed by atoms with Crippen LogP contribution in [0.15, 0.2) is 34.7 Å². The van der Waals surface area contributed by atoms with Crippen molar-refractivity contribution in [3.8, 4) is 0 Å². The summed E-state index contributed by atoms with van der Waals surface area (Å²) in [5.74, 6) is 0.436. The zero-order chi connectivity index (χ0) is 13.0. The van der Waals surface area contributed by atoms with Crippen LogP contribution in [0.2, 0.25) is 0 Å². The van der Waals surface area contributed by atoms with Gasteiger partial charge >= 0.3 is 6.01 Å². The van der Waals surface area contributed by atoms with Gasteiger partial charge in [-0.3, -0.25) is 0 Å². The molecule has 1 aromatic carbocycles. The van der Waals surface area contributed by atoms with Gasteiger partial charge in [0.1, 0.15) is 5.38 Å². The Morgan fingerprint density at radius 2 is 1.94 bits per heavy atom. The molecular weight excluding hydrogens is 250 g/mol. The molecule has 96 valence electrons. The first kappa shape index (κ1) is 12.9. The average Bonchev–Trinajstić information content (AvgIpc) is 2.78. The van der Waals surface area contributed by atoms with E-state index in [0.29, 0.717) is 11.9 Å². The molecule has 0 saturated carbocycles. The van der Waals surface area contributed by atoms with E-state index in [2.05, 4.69) is 34.6 Å². The Bertz CT molecular complexity index is 484. The van der Waals surface area contributed by atoms with Gasteiger partial charge in [0.25, 0.3) is 0 Å². The topological polar surface area (TPSA) is 51.0 Å². The lowest BCUT2D eigenvalue weighted by molar-refractivity contribution is 0.500. The van der Waals surface area contributed by atoms with Crippen molar-refractivity contribution in [1.82, 2.24) is 10.2 Å². The minimum absolute atomic E-state index is 0.214. The molecule has 2 atom stereocenters. The number of nitrogens with zero attached hydrogens (tertiary/aromatic N) is 2. The van der Waals surface area contributed by atoms with Crippen molar-refractivity contribution >= 4 is 17.6 Å². The smallest absolute Gasteiger partial charge is 0.315 e. The van der Waals surface area contributed by atoms with E-state index in [9.17, 15) is 0 Å². The molecule has 0 aliphatic carbocycles. The van der Waals surface area contributed by atoms with Gasteiger partial charge in [-0.2, -0.15) is 0 Å². The van der Waals surface area contributed by atoms with Gasteiger partial charge in [-0.05, 0) is 25.8 Å². The van der Waals surface area contributed by atoms with E-state index in [4.69, 9.17) is 16.0 Å². The van der Waals surface area contributed by atoms with Crippen LogP contribution >= 0.6 is 11.6 Å². The van der Waals surface area contributed by atoms with E-state index in [1.807, 2.05) is 18.2 Å². The van der Waals surface area contributed by atoms with E-state index < -0.39 is 0 Å². The molecule has 1 N–H and O–H groups in total. The van der Waals surface area contributed by atoms with Gasteiger partial charge in [0.15, 0.2) is 0 Å². The van der Waals surface area contributed by atoms with E-state index in [-0.39, 0.29) is 11.4 Å². The number of aromatic nitrogens is 2. The van der Waals surface area contributed by atoms with Crippen LogP contribution in [-0.2, 0) is 6.42 Å². The molecule has 0 aliphatic rings.